The third-order valence-electron chi connectivity index (χ3n) is 3.20. The number of carbonyl (C=O) groups is 1. The van der Waals surface area contributed by atoms with Gasteiger partial charge in [0, 0.05) is 16.6 Å². The lowest BCUT2D eigenvalue weighted by molar-refractivity contribution is 0.0698. The van der Waals surface area contributed by atoms with E-state index in [1.807, 2.05) is 6.07 Å². The van der Waals surface area contributed by atoms with Crippen molar-refractivity contribution in [1.29, 1.82) is 0 Å². The molecule has 1 aromatic heterocycles. The van der Waals surface area contributed by atoms with E-state index in [2.05, 4.69) is 26.2 Å². The Hall–Kier alpha value is -2.11. The van der Waals surface area contributed by atoms with Gasteiger partial charge in [-0.05, 0) is 46.3 Å². The monoisotopic (exact) mass is 376 g/mol. The summed E-state index contributed by atoms with van der Waals surface area (Å²) in [6, 6.07) is 12.1. The molecule has 0 saturated carbocycles. The third kappa shape index (κ3) is 2.77. The first kappa shape index (κ1) is 14.8. The summed E-state index contributed by atoms with van der Waals surface area (Å²) in [4.78, 5) is 15.6. The normalized spacial score (nSPS) is 10.6. The number of benzene rings is 2. The maximum Gasteiger partial charge on any atom is 0.337 e. The van der Waals surface area contributed by atoms with Crippen LogP contribution in [0.4, 0.5) is 11.4 Å². The van der Waals surface area contributed by atoms with Crippen molar-refractivity contribution >= 4 is 55.8 Å². The molecule has 110 valence electrons. The highest BCUT2D eigenvalue weighted by Gasteiger charge is 2.13. The molecular formula is C16H10BrClN2O2. The molecule has 0 atom stereocenters. The van der Waals surface area contributed by atoms with E-state index < -0.39 is 5.97 Å². The first-order chi connectivity index (χ1) is 10.6. The number of hydrogen-bond donors (Lipinski definition) is 2. The van der Waals surface area contributed by atoms with E-state index in [4.69, 9.17) is 11.6 Å². The molecule has 0 spiro atoms. The summed E-state index contributed by atoms with van der Waals surface area (Å²) in [5.74, 6) is -0.990. The minimum atomic E-state index is -0.990. The molecule has 0 aliphatic carbocycles. The Balaban J connectivity index is 2.17. The fourth-order valence-corrected chi connectivity index (χ4v) is 2.77. The highest BCUT2D eigenvalue weighted by atomic mass is 79.9. The average molecular weight is 378 g/mol. The number of aromatic carboxylic acids is 1. The maximum absolute atomic E-state index is 11.3. The van der Waals surface area contributed by atoms with Gasteiger partial charge in [0.25, 0.3) is 0 Å². The highest BCUT2D eigenvalue weighted by Crippen LogP contribution is 2.34. The van der Waals surface area contributed by atoms with Gasteiger partial charge in [0.15, 0.2) is 0 Å². The Morgan fingerprint density at radius 2 is 2.00 bits per heavy atom. The second-order valence-corrected chi connectivity index (χ2v) is 5.91. The maximum atomic E-state index is 11.3. The van der Waals surface area contributed by atoms with E-state index in [0.29, 0.717) is 10.7 Å². The van der Waals surface area contributed by atoms with Crippen LogP contribution in [0.3, 0.4) is 0 Å². The zero-order valence-corrected chi connectivity index (χ0v) is 13.5. The van der Waals surface area contributed by atoms with Crippen LogP contribution in [0.1, 0.15) is 10.4 Å². The molecule has 0 bridgehead atoms. The lowest BCUT2D eigenvalue weighted by atomic mass is 10.1. The number of nitrogens with zero attached hydrogens (tertiary/aromatic N) is 1. The molecule has 0 saturated heterocycles. The van der Waals surface area contributed by atoms with E-state index in [0.717, 1.165) is 21.1 Å². The molecule has 22 heavy (non-hydrogen) atoms. The Kier molecular flexibility index (Phi) is 4.00. The summed E-state index contributed by atoms with van der Waals surface area (Å²) in [6.45, 7) is 0. The van der Waals surface area contributed by atoms with Gasteiger partial charge in [0.05, 0.1) is 26.9 Å². The fraction of sp³-hybridized carbons (Fsp3) is 0. The highest BCUT2D eigenvalue weighted by molar-refractivity contribution is 9.10. The van der Waals surface area contributed by atoms with Gasteiger partial charge >= 0.3 is 5.97 Å². The molecule has 6 heteroatoms. The molecule has 4 nitrogen and oxygen atoms in total. The van der Waals surface area contributed by atoms with Crippen molar-refractivity contribution < 1.29 is 9.90 Å². The van der Waals surface area contributed by atoms with E-state index in [1.54, 1.807) is 42.6 Å². The Morgan fingerprint density at radius 1 is 1.23 bits per heavy atom. The van der Waals surface area contributed by atoms with Gasteiger partial charge in [-0.3, -0.25) is 4.98 Å². The summed E-state index contributed by atoms with van der Waals surface area (Å²) in [7, 11) is 0. The van der Waals surface area contributed by atoms with Crippen LogP contribution in [-0.2, 0) is 0 Å². The molecule has 2 aromatic carbocycles. The number of pyridine rings is 1. The predicted octanol–water partition coefficient (Wildman–Crippen LogP) is 5.09. The van der Waals surface area contributed by atoms with Crippen molar-refractivity contribution in [3.8, 4) is 0 Å². The van der Waals surface area contributed by atoms with Gasteiger partial charge < -0.3 is 10.4 Å². The van der Waals surface area contributed by atoms with E-state index in [9.17, 15) is 9.90 Å². The van der Waals surface area contributed by atoms with Gasteiger partial charge in [0.1, 0.15) is 0 Å². The largest absolute Gasteiger partial charge is 0.478 e. The zero-order valence-electron chi connectivity index (χ0n) is 11.2. The summed E-state index contributed by atoms with van der Waals surface area (Å²) in [5, 5.41) is 13.8. The number of para-hydroxylation sites is 1. The van der Waals surface area contributed by atoms with Crippen molar-refractivity contribution in [3.63, 3.8) is 0 Å². The first-order valence-electron chi connectivity index (χ1n) is 6.39. The first-order valence-corrected chi connectivity index (χ1v) is 7.56. The quantitative estimate of drug-likeness (QED) is 0.667. The predicted molar refractivity (Wildman–Crippen MR) is 91.1 cm³/mol. The second kappa shape index (κ2) is 5.94. The molecule has 3 aromatic rings. The molecule has 0 radical (unpaired) electrons. The van der Waals surface area contributed by atoms with Crippen LogP contribution in [0.2, 0.25) is 5.02 Å². The van der Waals surface area contributed by atoms with Gasteiger partial charge in [-0.15, -0.1) is 0 Å². The summed E-state index contributed by atoms with van der Waals surface area (Å²) in [5.41, 5.74) is 2.19. The van der Waals surface area contributed by atoms with Gasteiger partial charge in [-0.1, -0.05) is 23.7 Å². The van der Waals surface area contributed by atoms with E-state index >= 15 is 0 Å². The lowest BCUT2D eigenvalue weighted by Crippen LogP contribution is -2.03. The molecule has 1 heterocycles. The Labute approximate surface area is 139 Å². The Morgan fingerprint density at radius 3 is 2.77 bits per heavy atom. The fourth-order valence-electron chi connectivity index (χ4n) is 2.18. The number of halogens is 2. The Bertz CT molecular complexity index is 878. The summed E-state index contributed by atoms with van der Waals surface area (Å²) >= 11 is 9.51. The van der Waals surface area contributed by atoms with Crippen LogP contribution in [0.25, 0.3) is 10.9 Å². The molecule has 0 amide bonds. The lowest BCUT2D eigenvalue weighted by Gasteiger charge is -2.13. The van der Waals surface area contributed by atoms with Crippen molar-refractivity contribution in [2.24, 2.45) is 0 Å². The van der Waals surface area contributed by atoms with Crippen molar-refractivity contribution in [2.45, 2.75) is 0 Å². The zero-order chi connectivity index (χ0) is 15.7. The molecule has 0 fully saturated rings. The number of carboxylic acid groups (broad SMARTS) is 1. The number of hydrogen-bond acceptors (Lipinski definition) is 3. The van der Waals surface area contributed by atoms with Gasteiger partial charge in [0.2, 0.25) is 0 Å². The summed E-state index contributed by atoms with van der Waals surface area (Å²) < 4.78 is 0.724. The number of anilines is 2. The van der Waals surface area contributed by atoms with Crippen LogP contribution in [0.15, 0.2) is 53.1 Å². The number of nitrogens with one attached hydrogen (secondary N) is 1. The van der Waals surface area contributed by atoms with Gasteiger partial charge in [-0.2, -0.15) is 0 Å². The van der Waals surface area contributed by atoms with Crippen LogP contribution in [0, 0.1) is 0 Å². The van der Waals surface area contributed by atoms with Crippen molar-refractivity contribution in [3.05, 3.63) is 63.7 Å². The minimum Gasteiger partial charge on any atom is -0.478 e. The molecule has 0 aliphatic heterocycles. The minimum absolute atomic E-state index is 0.196. The molecular weight excluding hydrogens is 368 g/mol. The topological polar surface area (TPSA) is 62.2 Å². The smallest absolute Gasteiger partial charge is 0.337 e. The molecule has 0 aliphatic rings. The van der Waals surface area contributed by atoms with Crippen molar-refractivity contribution in [1.82, 2.24) is 4.98 Å². The van der Waals surface area contributed by atoms with Crippen LogP contribution in [-0.4, -0.2) is 16.1 Å². The van der Waals surface area contributed by atoms with E-state index in [-0.39, 0.29) is 5.56 Å². The third-order valence-corrected chi connectivity index (χ3v) is 4.04. The number of aromatic nitrogens is 1. The van der Waals surface area contributed by atoms with E-state index in [1.165, 1.54) is 0 Å². The number of fused-ring (bicyclic) bond motifs is 1. The average Bonchev–Trinajstić information content (AvgIpc) is 2.50. The molecule has 3 rings (SSSR count). The van der Waals surface area contributed by atoms with Crippen LogP contribution >= 0.6 is 27.5 Å². The van der Waals surface area contributed by atoms with Crippen molar-refractivity contribution in [2.75, 3.05) is 5.32 Å². The summed E-state index contributed by atoms with van der Waals surface area (Å²) in [6.07, 6.45) is 1.67. The number of carboxylic acids is 1. The van der Waals surface area contributed by atoms with Gasteiger partial charge in [-0.25, -0.2) is 4.79 Å². The molecule has 0 unspecified atom stereocenters. The van der Waals surface area contributed by atoms with Crippen LogP contribution in [0.5, 0.6) is 0 Å². The second-order valence-electron chi connectivity index (χ2n) is 4.62. The number of rotatable bonds is 3. The standard InChI is InChI=1S/C16H10BrClN2O2/c17-12-8-19-13-6-5-9(18)7-11(13)15(12)20-14-4-2-1-3-10(14)16(21)22/h1-8H,(H,19,20)(H,21,22). The van der Waals surface area contributed by atoms with Crippen LogP contribution < -0.4 is 5.32 Å². The SMILES string of the molecule is O=C(O)c1ccccc1Nc1c(Br)cnc2ccc(Cl)cc12. The molecule has 2 N–H and O–H groups in total.